The number of rotatable bonds is 7. The maximum Gasteiger partial charge on any atom is 0.251 e. The first kappa shape index (κ1) is 16.3. The Morgan fingerprint density at radius 3 is 2.91 bits per heavy atom. The van der Waals surface area contributed by atoms with Gasteiger partial charge < -0.3 is 15.2 Å². The molecule has 0 spiro atoms. The summed E-state index contributed by atoms with van der Waals surface area (Å²) in [4.78, 5) is 16.4. The monoisotopic (exact) mass is 320 g/mol. The van der Waals surface area contributed by atoms with Crippen LogP contribution in [-0.2, 0) is 6.42 Å². The van der Waals surface area contributed by atoms with Gasteiger partial charge in [0.25, 0.3) is 5.91 Å². The van der Waals surface area contributed by atoms with Crippen LogP contribution in [0, 0.1) is 6.92 Å². The number of unbranched alkanes of at least 4 members (excludes halogenated alkanes) is 1. The van der Waals surface area contributed by atoms with Crippen LogP contribution in [0.3, 0.4) is 0 Å². The van der Waals surface area contributed by atoms with Gasteiger partial charge in [0.15, 0.2) is 11.5 Å². The standard InChI is InChI=1S/C16H20N2O3S/c1-11-10-22-15(18-11)5-3-4-8-17-16(20)12-6-7-13(19)14(9-12)21-2/h6-7,9-10,19H,3-5,8H2,1-2H3,(H,17,20). The number of nitrogens with zero attached hydrogens (tertiary/aromatic N) is 1. The number of methoxy groups -OCH3 is 1. The number of phenolic OH excluding ortho intramolecular Hbond substituents is 1. The van der Waals surface area contributed by atoms with Gasteiger partial charge >= 0.3 is 0 Å². The van der Waals surface area contributed by atoms with Crippen LogP contribution in [0.4, 0.5) is 0 Å². The summed E-state index contributed by atoms with van der Waals surface area (Å²) in [6.07, 6.45) is 2.84. The molecule has 118 valence electrons. The summed E-state index contributed by atoms with van der Waals surface area (Å²) < 4.78 is 4.99. The number of benzene rings is 1. The highest BCUT2D eigenvalue weighted by Gasteiger charge is 2.09. The summed E-state index contributed by atoms with van der Waals surface area (Å²) in [5, 5.41) is 15.6. The Labute approximate surface area is 134 Å². The highest BCUT2D eigenvalue weighted by atomic mass is 32.1. The Kier molecular flexibility index (Phi) is 5.77. The van der Waals surface area contributed by atoms with Gasteiger partial charge in [-0.05, 0) is 44.4 Å². The van der Waals surface area contributed by atoms with Crippen LogP contribution in [-0.4, -0.2) is 29.7 Å². The lowest BCUT2D eigenvalue weighted by atomic mass is 10.2. The van der Waals surface area contributed by atoms with E-state index < -0.39 is 0 Å². The second-order valence-electron chi connectivity index (χ2n) is 4.98. The average Bonchev–Trinajstić information content (AvgIpc) is 2.92. The Balaban J connectivity index is 1.73. The fourth-order valence-corrected chi connectivity index (χ4v) is 2.86. The number of thiazole rings is 1. The fourth-order valence-electron chi connectivity index (χ4n) is 2.04. The van der Waals surface area contributed by atoms with E-state index in [0.29, 0.717) is 17.9 Å². The smallest absolute Gasteiger partial charge is 0.251 e. The van der Waals surface area contributed by atoms with E-state index in [1.54, 1.807) is 17.4 Å². The minimum absolute atomic E-state index is 0.0257. The molecule has 1 amide bonds. The van der Waals surface area contributed by atoms with Crippen LogP contribution in [0.2, 0.25) is 0 Å². The van der Waals surface area contributed by atoms with Gasteiger partial charge in [-0.25, -0.2) is 4.98 Å². The molecule has 0 saturated heterocycles. The number of hydrogen-bond acceptors (Lipinski definition) is 5. The molecule has 2 rings (SSSR count). The van der Waals surface area contributed by atoms with Crippen molar-refractivity contribution < 1.29 is 14.6 Å². The number of aromatic nitrogens is 1. The molecule has 22 heavy (non-hydrogen) atoms. The zero-order valence-corrected chi connectivity index (χ0v) is 13.6. The van der Waals surface area contributed by atoms with Crippen LogP contribution in [0.25, 0.3) is 0 Å². The highest BCUT2D eigenvalue weighted by molar-refractivity contribution is 7.09. The number of aromatic hydroxyl groups is 1. The maximum atomic E-state index is 12.0. The van der Waals surface area contributed by atoms with E-state index in [1.165, 1.54) is 19.2 Å². The average molecular weight is 320 g/mol. The first-order valence-electron chi connectivity index (χ1n) is 7.16. The van der Waals surface area contributed by atoms with Crippen molar-refractivity contribution in [3.63, 3.8) is 0 Å². The first-order valence-corrected chi connectivity index (χ1v) is 8.04. The number of amides is 1. The van der Waals surface area contributed by atoms with Crippen molar-refractivity contribution in [2.75, 3.05) is 13.7 Å². The Morgan fingerprint density at radius 2 is 2.23 bits per heavy atom. The lowest BCUT2D eigenvalue weighted by molar-refractivity contribution is 0.0952. The quantitative estimate of drug-likeness (QED) is 0.770. The van der Waals surface area contributed by atoms with E-state index in [1.807, 2.05) is 6.92 Å². The SMILES string of the molecule is COc1cc(C(=O)NCCCCc2nc(C)cs2)ccc1O. The summed E-state index contributed by atoms with van der Waals surface area (Å²) in [6, 6.07) is 4.56. The zero-order valence-electron chi connectivity index (χ0n) is 12.8. The number of ether oxygens (including phenoxy) is 1. The molecular weight excluding hydrogens is 300 g/mol. The van der Waals surface area contributed by atoms with Gasteiger partial charge in [-0.3, -0.25) is 4.79 Å². The summed E-state index contributed by atoms with van der Waals surface area (Å²) in [5.41, 5.74) is 1.54. The van der Waals surface area contributed by atoms with Crippen LogP contribution >= 0.6 is 11.3 Å². The summed E-state index contributed by atoms with van der Waals surface area (Å²) in [5.74, 6) is 0.160. The summed E-state index contributed by atoms with van der Waals surface area (Å²) in [6.45, 7) is 2.61. The van der Waals surface area contributed by atoms with Crippen molar-refractivity contribution in [1.82, 2.24) is 10.3 Å². The molecule has 0 bridgehead atoms. The van der Waals surface area contributed by atoms with Crippen LogP contribution < -0.4 is 10.1 Å². The normalized spacial score (nSPS) is 10.5. The second kappa shape index (κ2) is 7.79. The van der Waals surface area contributed by atoms with Gasteiger partial charge in [-0.15, -0.1) is 11.3 Å². The molecule has 0 aliphatic heterocycles. The Morgan fingerprint density at radius 1 is 1.41 bits per heavy atom. The molecule has 0 fully saturated rings. The van der Waals surface area contributed by atoms with Crippen molar-refractivity contribution in [3.05, 3.63) is 39.8 Å². The van der Waals surface area contributed by atoms with Crippen molar-refractivity contribution >= 4 is 17.2 Å². The summed E-state index contributed by atoms with van der Waals surface area (Å²) in [7, 11) is 1.46. The second-order valence-corrected chi connectivity index (χ2v) is 5.92. The van der Waals surface area contributed by atoms with Gasteiger partial charge in [-0.1, -0.05) is 0 Å². The third kappa shape index (κ3) is 4.46. The molecule has 2 N–H and O–H groups in total. The zero-order chi connectivity index (χ0) is 15.9. The maximum absolute atomic E-state index is 12.0. The number of carbonyl (C=O) groups is 1. The van der Waals surface area contributed by atoms with Crippen molar-refractivity contribution in [2.45, 2.75) is 26.2 Å². The molecule has 2 aromatic rings. The molecule has 5 nitrogen and oxygen atoms in total. The minimum Gasteiger partial charge on any atom is -0.504 e. The third-order valence-electron chi connectivity index (χ3n) is 3.21. The largest absolute Gasteiger partial charge is 0.504 e. The van der Waals surface area contributed by atoms with Gasteiger partial charge in [0.05, 0.1) is 12.1 Å². The lowest BCUT2D eigenvalue weighted by Gasteiger charge is -2.07. The van der Waals surface area contributed by atoms with Gasteiger partial charge in [-0.2, -0.15) is 0 Å². The molecule has 6 heteroatoms. The molecule has 0 aliphatic carbocycles. The predicted octanol–water partition coefficient (Wildman–Crippen LogP) is 2.92. The molecule has 0 saturated carbocycles. The van der Waals surface area contributed by atoms with E-state index in [2.05, 4.69) is 15.7 Å². The van der Waals surface area contributed by atoms with Crippen molar-refractivity contribution in [2.24, 2.45) is 0 Å². The van der Waals surface area contributed by atoms with Crippen molar-refractivity contribution in [1.29, 1.82) is 0 Å². The summed E-state index contributed by atoms with van der Waals surface area (Å²) >= 11 is 1.68. The number of phenols is 1. The highest BCUT2D eigenvalue weighted by Crippen LogP contribution is 2.26. The Hall–Kier alpha value is -2.08. The molecule has 0 unspecified atom stereocenters. The molecule has 0 atom stereocenters. The van der Waals surface area contributed by atoms with E-state index in [-0.39, 0.29) is 11.7 Å². The third-order valence-corrected chi connectivity index (χ3v) is 4.24. The molecule has 0 aliphatic rings. The molecule has 1 heterocycles. The Bertz CT molecular complexity index is 640. The minimum atomic E-state index is -0.164. The van der Waals surface area contributed by atoms with Gasteiger partial charge in [0.1, 0.15) is 0 Å². The predicted molar refractivity (Wildman–Crippen MR) is 86.8 cm³/mol. The molecule has 0 radical (unpaired) electrons. The van der Waals surface area contributed by atoms with Gasteiger partial charge in [0.2, 0.25) is 0 Å². The van der Waals surface area contributed by atoms with E-state index in [9.17, 15) is 9.90 Å². The van der Waals surface area contributed by atoms with Crippen LogP contribution in [0.1, 0.15) is 33.9 Å². The number of nitrogens with one attached hydrogen (secondary N) is 1. The van der Waals surface area contributed by atoms with Crippen LogP contribution in [0.5, 0.6) is 11.5 Å². The fraction of sp³-hybridized carbons (Fsp3) is 0.375. The number of carbonyl (C=O) groups excluding carboxylic acids is 1. The number of aryl methyl sites for hydroxylation is 2. The lowest BCUT2D eigenvalue weighted by Crippen LogP contribution is -2.24. The van der Waals surface area contributed by atoms with E-state index >= 15 is 0 Å². The van der Waals surface area contributed by atoms with Crippen LogP contribution in [0.15, 0.2) is 23.6 Å². The molecule has 1 aromatic carbocycles. The van der Waals surface area contributed by atoms with E-state index in [0.717, 1.165) is 30.0 Å². The topological polar surface area (TPSA) is 71.5 Å². The molecule has 1 aromatic heterocycles. The van der Waals surface area contributed by atoms with E-state index in [4.69, 9.17) is 4.74 Å². The first-order chi connectivity index (χ1) is 10.6. The number of hydrogen-bond donors (Lipinski definition) is 2. The molecular formula is C16H20N2O3S. The van der Waals surface area contributed by atoms with Crippen molar-refractivity contribution in [3.8, 4) is 11.5 Å². The van der Waals surface area contributed by atoms with Gasteiger partial charge in [0, 0.05) is 23.2 Å².